The van der Waals surface area contributed by atoms with Crippen molar-refractivity contribution >= 4 is 11.7 Å². The molecule has 0 atom stereocenters. The second kappa shape index (κ2) is 7.60. The van der Waals surface area contributed by atoms with Crippen LogP contribution in [0.4, 0.5) is 5.69 Å². The number of nitriles is 2. The quantitative estimate of drug-likeness (QED) is 0.656. The Bertz CT molecular complexity index is 559. The summed E-state index contributed by atoms with van der Waals surface area (Å²) in [5.41, 5.74) is 1.11. The second-order valence-corrected chi connectivity index (χ2v) is 4.50. The molecular weight excluding hydrogens is 254 g/mol. The van der Waals surface area contributed by atoms with Crippen molar-refractivity contribution in [3.8, 4) is 12.1 Å². The summed E-state index contributed by atoms with van der Waals surface area (Å²) in [5.74, 6) is -0.0732. The highest BCUT2D eigenvalue weighted by Gasteiger charge is 2.07. The van der Waals surface area contributed by atoms with Gasteiger partial charge in [0.15, 0.2) is 0 Å². The number of carbonyl (C=O) groups excluding carboxylic acids is 1. The Morgan fingerprint density at radius 2 is 1.90 bits per heavy atom. The number of rotatable bonds is 5. The molecule has 0 saturated carbocycles. The molecule has 102 valence electrons. The third-order valence-corrected chi connectivity index (χ3v) is 2.29. The summed E-state index contributed by atoms with van der Waals surface area (Å²) in [6.45, 7) is 4.32. The number of anilines is 1. The first-order valence-corrected chi connectivity index (χ1v) is 6.11. The van der Waals surface area contributed by atoms with Crippen LogP contribution in [0.5, 0.6) is 0 Å². The third kappa shape index (κ3) is 4.83. The topological polar surface area (TPSA) is 85.9 Å². The number of carbonyl (C=O) groups is 1. The fourth-order valence-corrected chi connectivity index (χ4v) is 1.27. The Labute approximate surface area is 118 Å². The molecule has 0 heterocycles. The Kier molecular flexibility index (Phi) is 5.80. The molecule has 0 saturated heterocycles. The molecular formula is C15H15N3O2. The van der Waals surface area contributed by atoms with Crippen molar-refractivity contribution < 1.29 is 9.53 Å². The van der Waals surface area contributed by atoms with Gasteiger partial charge in [-0.25, -0.2) is 4.79 Å². The molecule has 0 amide bonds. The number of nitrogens with one attached hydrogen (secondary N) is 1. The third-order valence-electron chi connectivity index (χ3n) is 2.29. The van der Waals surface area contributed by atoms with Gasteiger partial charge in [0.05, 0.1) is 12.2 Å². The summed E-state index contributed by atoms with van der Waals surface area (Å²) in [7, 11) is 0. The van der Waals surface area contributed by atoms with Crippen molar-refractivity contribution in [1.29, 1.82) is 10.5 Å². The zero-order chi connectivity index (χ0) is 15.0. The molecule has 5 nitrogen and oxygen atoms in total. The first kappa shape index (κ1) is 15.3. The predicted molar refractivity (Wildman–Crippen MR) is 74.5 cm³/mol. The van der Waals surface area contributed by atoms with E-state index in [1.165, 1.54) is 6.20 Å². The van der Waals surface area contributed by atoms with Gasteiger partial charge in [-0.05, 0) is 30.2 Å². The van der Waals surface area contributed by atoms with E-state index in [-0.39, 0.29) is 11.5 Å². The first-order chi connectivity index (χ1) is 9.56. The lowest BCUT2D eigenvalue weighted by molar-refractivity contribution is 0.0459. The standard InChI is InChI=1S/C15H15N3O2/c1-11(2)10-20-15(19)13-3-5-14(6-4-13)18-9-12(7-16)8-17/h3-6,9,11,18H,10H2,1-2H3. The highest BCUT2D eigenvalue weighted by Crippen LogP contribution is 2.11. The second-order valence-electron chi connectivity index (χ2n) is 4.50. The van der Waals surface area contributed by atoms with Crippen molar-refractivity contribution in [3.63, 3.8) is 0 Å². The molecule has 0 fully saturated rings. The highest BCUT2D eigenvalue weighted by molar-refractivity contribution is 5.89. The molecule has 20 heavy (non-hydrogen) atoms. The van der Waals surface area contributed by atoms with Crippen LogP contribution in [0.15, 0.2) is 36.0 Å². The van der Waals surface area contributed by atoms with Gasteiger partial charge >= 0.3 is 5.97 Å². The summed E-state index contributed by atoms with van der Waals surface area (Å²) < 4.78 is 5.10. The number of hydrogen-bond donors (Lipinski definition) is 1. The van der Waals surface area contributed by atoms with Crippen LogP contribution >= 0.6 is 0 Å². The summed E-state index contributed by atoms with van der Waals surface area (Å²) >= 11 is 0. The predicted octanol–water partition coefficient (Wildman–Crippen LogP) is 2.84. The lowest BCUT2D eigenvalue weighted by Crippen LogP contribution is -2.10. The van der Waals surface area contributed by atoms with Crippen LogP contribution in [-0.2, 0) is 4.74 Å². The Morgan fingerprint density at radius 3 is 2.40 bits per heavy atom. The van der Waals surface area contributed by atoms with Gasteiger partial charge in [0, 0.05) is 11.9 Å². The normalized spacial score (nSPS) is 9.25. The molecule has 1 aromatic carbocycles. The molecule has 0 aliphatic carbocycles. The number of benzene rings is 1. The number of ether oxygens (including phenoxy) is 1. The molecule has 0 unspecified atom stereocenters. The zero-order valence-corrected chi connectivity index (χ0v) is 11.4. The molecule has 0 aromatic heterocycles. The van der Waals surface area contributed by atoms with Crippen LogP contribution in [-0.4, -0.2) is 12.6 Å². The van der Waals surface area contributed by atoms with Gasteiger partial charge < -0.3 is 10.1 Å². The van der Waals surface area contributed by atoms with Crippen LogP contribution < -0.4 is 5.32 Å². The minimum atomic E-state index is -0.365. The molecule has 0 spiro atoms. The van der Waals surface area contributed by atoms with E-state index < -0.39 is 0 Å². The summed E-state index contributed by atoms with van der Waals surface area (Å²) in [6.07, 6.45) is 1.31. The number of esters is 1. The van der Waals surface area contributed by atoms with Gasteiger partial charge in [-0.15, -0.1) is 0 Å². The lowest BCUT2D eigenvalue weighted by Gasteiger charge is -2.07. The maximum absolute atomic E-state index is 11.7. The largest absolute Gasteiger partial charge is 0.462 e. The summed E-state index contributed by atoms with van der Waals surface area (Å²) in [5, 5.41) is 20.0. The highest BCUT2D eigenvalue weighted by atomic mass is 16.5. The SMILES string of the molecule is CC(C)COC(=O)c1ccc(NC=C(C#N)C#N)cc1. The van der Waals surface area contributed by atoms with Crippen molar-refractivity contribution in [2.24, 2.45) is 5.92 Å². The minimum absolute atomic E-state index is 0.0228. The van der Waals surface area contributed by atoms with Crippen LogP contribution in [0.3, 0.4) is 0 Å². The molecule has 0 aliphatic rings. The van der Waals surface area contributed by atoms with Crippen molar-refractivity contribution in [2.45, 2.75) is 13.8 Å². The van der Waals surface area contributed by atoms with Gasteiger partial charge in [-0.2, -0.15) is 10.5 Å². The Hall–Kier alpha value is -2.79. The first-order valence-electron chi connectivity index (χ1n) is 6.11. The summed E-state index contributed by atoms with van der Waals surface area (Å²) in [6, 6.07) is 10.1. The number of nitrogens with zero attached hydrogens (tertiary/aromatic N) is 2. The van der Waals surface area contributed by atoms with Gasteiger partial charge in [0.25, 0.3) is 0 Å². The van der Waals surface area contributed by atoms with E-state index in [9.17, 15) is 4.79 Å². The van der Waals surface area contributed by atoms with Gasteiger partial charge in [0.2, 0.25) is 0 Å². The van der Waals surface area contributed by atoms with E-state index >= 15 is 0 Å². The number of hydrogen-bond acceptors (Lipinski definition) is 5. The molecule has 1 N–H and O–H groups in total. The number of allylic oxidation sites excluding steroid dienone is 1. The summed E-state index contributed by atoms with van der Waals surface area (Å²) in [4.78, 5) is 11.7. The molecule has 0 bridgehead atoms. The van der Waals surface area contributed by atoms with E-state index in [1.54, 1.807) is 36.4 Å². The van der Waals surface area contributed by atoms with Crippen LogP contribution in [0.2, 0.25) is 0 Å². The molecule has 1 aromatic rings. The maximum Gasteiger partial charge on any atom is 0.338 e. The lowest BCUT2D eigenvalue weighted by atomic mass is 10.2. The van der Waals surface area contributed by atoms with E-state index in [2.05, 4.69) is 5.32 Å². The van der Waals surface area contributed by atoms with E-state index in [1.807, 2.05) is 13.8 Å². The fraction of sp³-hybridized carbons (Fsp3) is 0.267. The van der Waals surface area contributed by atoms with E-state index in [0.717, 1.165) is 0 Å². The van der Waals surface area contributed by atoms with Crippen LogP contribution in [0.25, 0.3) is 0 Å². The van der Waals surface area contributed by atoms with E-state index in [4.69, 9.17) is 15.3 Å². The Morgan fingerprint density at radius 1 is 1.30 bits per heavy atom. The zero-order valence-electron chi connectivity index (χ0n) is 11.4. The monoisotopic (exact) mass is 269 g/mol. The van der Waals surface area contributed by atoms with Crippen molar-refractivity contribution in [2.75, 3.05) is 11.9 Å². The van der Waals surface area contributed by atoms with Gasteiger partial charge in [-0.1, -0.05) is 13.8 Å². The average Bonchev–Trinajstić information content (AvgIpc) is 2.46. The molecule has 0 aliphatic heterocycles. The molecule has 0 radical (unpaired) electrons. The molecule has 1 rings (SSSR count). The van der Waals surface area contributed by atoms with E-state index in [0.29, 0.717) is 23.8 Å². The van der Waals surface area contributed by atoms with Gasteiger partial charge in [0.1, 0.15) is 17.7 Å². The van der Waals surface area contributed by atoms with Gasteiger partial charge in [-0.3, -0.25) is 0 Å². The fourth-order valence-electron chi connectivity index (χ4n) is 1.27. The van der Waals surface area contributed by atoms with Crippen molar-refractivity contribution in [3.05, 3.63) is 41.6 Å². The smallest absolute Gasteiger partial charge is 0.338 e. The Balaban J connectivity index is 2.66. The van der Waals surface area contributed by atoms with Crippen LogP contribution in [0, 0.1) is 28.6 Å². The molecule has 5 heteroatoms. The average molecular weight is 269 g/mol. The minimum Gasteiger partial charge on any atom is -0.462 e. The van der Waals surface area contributed by atoms with Crippen LogP contribution in [0.1, 0.15) is 24.2 Å². The maximum atomic E-state index is 11.7. The van der Waals surface area contributed by atoms with Crippen molar-refractivity contribution in [1.82, 2.24) is 0 Å².